The summed E-state index contributed by atoms with van der Waals surface area (Å²) >= 11 is 0. The molecule has 6 nitrogen and oxygen atoms in total. The first-order chi connectivity index (χ1) is 8.23. The molecular weight excluding hydrogens is 220 g/mol. The highest BCUT2D eigenvalue weighted by Crippen LogP contribution is 2.46. The van der Waals surface area contributed by atoms with E-state index in [1.54, 1.807) is 0 Å². The van der Waals surface area contributed by atoms with Crippen molar-refractivity contribution >= 4 is 0 Å². The van der Waals surface area contributed by atoms with Gasteiger partial charge < -0.3 is 19.9 Å². The minimum Gasteiger partial charge on any atom is -0.367 e. The summed E-state index contributed by atoms with van der Waals surface area (Å²) in [5.41, 5.74) is 5.71. The van der Waals surface area contributed by atoms with E-state index < -0.39 is 0 Å². The van der Waals surface area contributed by atoms with E-state index >= 15 is 0 Å². The third-order valence-corrected chi connectivity index (χ3v) is 3.70. The molecule has 1 atom stereocenters. The second kappa shape index (κ2) is 4.04. The van der Waals surface area contributed by atoms with Crippen LogP contribution in [0.2, 0.25) is 0 Å². The van der Waals surface area contributed by atoms with Gasteiger partial charge in [0.15, 0.2) is 0 Å². The normalized spacial score (nSPS) is 28.2. The monoisotopic (exact) mass is 238 g/mol. The number of nitrogens with zero attached hydrogens (tertiary/aromatic N) is 3. The maximum Gasteiger partial charge on any atom is 0.234 e. The van der Waals surface area contributed by atoms with Crippen molar-refractivity contribution in [1.29, 1.82) is 0 Å². The summed E-state index contributed by atoms with van der Waals surface area (Å²) in [4.78, 5) is 6.67. The summed E-state index contributed by atoms with van der Waals surface area (Å²) in [5.74, 6) is 1.35. The summed E-state index contributed by atoms with van der Waals surface area (Å²) in [6.07, 6.45) is 2.03. The molecule has 2 heterocycles. The minimum absolute atomic E-state index is 0.0359. The molecule has 1 saturated heterocycles. The lowest BCUT2D eigenvalue weighted by Gasteiger charge is -2.27. The maximum absolute atomic E-state index is 5.74. The molecule has 2 N–H and O–H groups in total. The highest BCUT2D eigenvalue weighted by Gasteiger charge is 2.48. The predicted octanol–water partition coefficient (Wildman–Crippen LogP) is 0.0630. The third-order valence-electron chi connectivity index (χ3n) is 3.70. The molecule has 0 radical (unpaired) electrons. The second-order valence-electron chi connectivity index (χ2n) is 5.06. The van der Waals surface area contributed by atoms with Crippen LogP contribution in [0.3, 0.4) is 0 Å². The van der Waals surface area contributed by atoms with Crippen molar-refractivity contribution in [2.45, 2.75) is 24.4 Å². The van der Waals surface area contributed by atoms with Crippen molar-refractivity contribution in [1.82, 2.24) is 15.0 Å². The maximum atomic E-state index is 5.74. The average Bonchev–Trinajstić information content (AvgIpc) is 2.99. The van der Waals surface area contributed by atoms with Crippen LogP contribution in [0.5, 0.6) is 0 Å². The Morgan fingerprint density at radius 3 is 3.00 bits per heavy atom. The van der Waals surface area contributed by atoms with Gasteiger partial charge in [0.1, 0.15) is 6.10 Å². The van der Waals surface area contributed by atoms with Crippen LogP contribution in [0.1, 0.15) is 30.7 Å². The molecule has 1 unspecified atom stereocenters. The molecule has 0 aromatic carbocycles. The molecule has 17 heavy (non-hydrogen) atoms. The van der Waals surface area contributed by atoms with Gasteiger partial charge in [-0.2, -0.15) is 4.98 Å². The van der Waals surface area contributed by atoms with Gasteiger partial charge in [-0.05, 0) is 19.9 Å². The van der Waals surface area contributed by atoms with Crippen LogP contribution < -0.4 is 5.73 Å². The SMILES string of the molecule is CN1CCOC(c2noc(C3(CN)CC3)n2)C1. The van der Waals surface area contributed by atoms with Crippen molar-refractivity contribution in [2.24, 2.45) is 5.73 Å². The van der Waals surface area contributed by atoms with Gasteiger partial charge in [-0.3, -0.25) is 0 Å². The molecule has 0 amide bonds. The number of hydrogen-bond donors (Lipinski definition) is 1. The minimum atomic E-state index is -0.0696. The highest BCUT2D eigenvalue weighted by atomic mass is 16.5. The standard InChI is InChI=1S/C11H18N4O2/c1-15-4-5-16-8(6-15)9-13-10(17-14-9)11(7-12)2-3-11/h8H,2-7,12H2,1H3. The molecule has 1 aliphatic heterocycles. The van der Waals surface area contributed by atoms with E-state index in [4.69, 9.17) is 15.0 Å². The molecule has 1 saturated carbocycles. The van der Waals surface area contributed by atoms with Gasteiger partial charge in [0.25, 0.3) is 0 Å². The van der Waals surface area contributed by atoms with Crippen LogP contribution in [0.15, 0.2) is 4.52 Å². The Morgan fingerprint density at radius 2 is 2.35 bits per heavy atom. The van der Waals surface area contributed by atoms with Gasteiger partial charge in [-0.15, -0.1) is 0 Å². The molecule has 1 aliphatic carbocycles. The number of morpholine rings is 1. The van der Waals surface area contributed by atoms with Crippen molar-refractivity contribution < 1.29 is 9.26 Å². The Kier molecular flexibility index (Phi) is 2.65. The molecule has 2 fully saturated rings. The lowest BCUT2D eigenvalue weighted by Crippen LogP contribution is -2.35. The number of rotatable bonds is 3. The van der Waals surface area contributed by atoms with Gasteiger partial charge in [0.2, 0.25) is 11.7 Å². The van der Waals surface area contributed by atoms with E-state index in [0.717, 1.165) is 25.9 Å². The van der Waals surface area contributed by atoms with E-state index in [0.29, 0.717) is 24.9 Å². The van der Waals surface area contributed by atoms with E-state index in [1.807, 2.05) is 0 Å². The van der Waals surface area contributed by atoms with E-state index in [2.05, 4.69) is 22.1 Å². The van der Waals surface area contributed by atoms with E-state index in [1.165, 1.54) is 0 Å². The molecule has 1 aromatic heterocycles. The zero-order chi connectivity index (χ0) is 11.9. The molecular formula is C11H18N4O2. The van der Waals surface area contributed by atoms with Crippen LogP contribution in [0.25, 0.3) is 0 Å². The van der Waals surface area contributed by atoms with Crippen LogP contribution >= 0.6 is 0 Å². The molecule has 3 rings (SSSR count). The number of likely N-dealkylation sites (N-methyl/N-ethyl adjacent to an activating group) is 1. The fourth-order valence-electron chi connectivity index (χ4n) is 2.17. The highest BCUT2D eigenvalue weighted by molar-refractivity contribution is 5.16. The Hall–Kier alpha value is -0.980. The Labute approximate surface area is 100 Å². The van der Waals surface area contributed by atoms with Crippen LogP contribution in [-0.4, -0.2) is 48.3 Å². The topological polar surface area (TPSA) is 77.4 Å². The quantitative estimate of drug-likeness (QED) is 0.802. The first-order valence-corrected chi connectivity index (χ1v) is 6.08. The third kappa shape index (κ3) is 1.96. The number of hydrogen-bond acceptors (Lipinski definition) is 6. The second-order valence-corrected chi connectivity index (χ2v) is 5.06. The average molecular weight is 238 g/mol. The lowest BCUT2D eigenvalue weighted by atomic mass is 10.1. The molecule has 0 bridgehead atoms. The van der Waals surface area contributed by atoms with Gasteiger partial charge in [0, 0.05) is 19.6 Å². The summed E-state index contributed by atoms with van der Waals surface area (Å²) in [6, 6.07) is 0. The molecule has 0 spiro atoms. The fourth-order valence-corrected chi connectivity index (χ4v) is 2.17. The zero-order valence-corrected chi connectivity index (χ0v) is 10.1. The fraction of sp³-hybridized carbons (Fsp3) is 0.818. The first-order valence-electron chi connectivity index (χ1n) is 6.08. The van der Waals surface area contributed by atoms with Gasteiger partial charge in [-0.1, -0.05) is 5.16 Å². The Bertz CT molecular complexity index is 402. The van der Waals surface area contributed by atoms with Crippen molar-refractivity contribution in [3.63, 3.8) is 0 Å². The summed E-state index contributed by atoms with van der Waals surface area (Å²) in [7, 11) is 2.07. The smallest absolute Gasteiger partial charge is 0.234 e. The van der Waals surface area contributed by atoms with Crippen LogP contribution in [0, 0.1) is 0 Å². The Morgan fingerprint density at radius 1 is 1.53 bits per heavy atom. The van der Waals surface area contributed by atoms with Crippen molar-refractivity contribution in [3.05, 3.63) is 11.7 Å². The van der Waals surface area contributed by atoms with Crippen molar-refractivity contribution in [2.75, 3.05) is 33.3 Å². The lowest BCUT2D eigenvalue weighted by molar-refractivity contribution is -0.0264. The zero-order valence-electron chi connectivity index (χ0n) is 10.1. The van der Waals surface area contributed by atoms with Crippen LogP contribution in [-0.2, 0) is 10.2 Å². The summed E-state index contributed by atoms with van der Waals surface area (Å²) in [6.45, 7) is 3.07. The summed E-state index contributed by atoms with van der Waals surface area (Å²) < 4.78 is 11.0. The van der Waals surface area contributed by atoms with Gasteiger partial charge >= 0.3 is 0 Å². The largest absolute Gasteiger partial charge is 0.367 e. The molecule has 2 aliphatic rings. The van der Waals surface area contributed by atoms with Gasteiger partial charge in [0.05, 0.1) is 12.0 Å². The number of aromatic nitrogens is 2. The van der Waals surface area contributed by atoms with E-state index in [9.17, 15) is 0 Å². The van der Waals surface area contributed by atoms with E-state index in [-0.39, 0.29) is 11.5 Å². The number of ether oxygens (including phenoxy) is 1. The van der Waals surface area contributed by atoms with Gasteiger partial charge in [-0.25, -0.2) is 0 Å². The molecule has 94 valence electrons. The van der Waals surface area contributed by atoms with Crippen LogP contribution in [0.4, 0.5) is 0 Å². The number of nitrogens with two attached hydrogens (primary N) is 1. The summed E-state index contributed by atoms with van der Waals surface area (Å²) in [5, 5.41) is 4.04. The van der Waals surface area contributed by atoms with Crippen molar-refractivity contribution in [3.8, 4) is 0 Å². The first kappa shape index (κ1) is 11.1. The Balaban J connectivity index is 1.76. The molecule has 6 heteroatoms. The predicted molar refractivity (Wildman–Crippen MR) is 60.5 cm³/mol. The molecule has 1 aromatic rings.